The number of hydrogen-bond donors (Lipinski definition) is 1. The summed E-state index contributed by atoms with van der Waals surface area (Å²) in [7, 11) is 0. The van der Waals surface area contributed by atoms with Crippen LogP contribution in [0.25, 0.3) is 32.7 Å². The Morgan fingerprint density at radius 1 is 1.05 bits per heavy atom. The van der Waals surface area contributed by atoms with Crippen molar-refractivity contribution in [3.05, 3.63) is 87.1 Å². The van der Waals surface area contributed by atoms with E-state index in [1.165, 1.54) is 13.0 Å². The number of nitrogens with zero attached hydrogens (tertiary/aromatic N) is 3. The summed E-state index contributed by atoms with van der Waals surface area (Å²) in [6, 6.07) is 12.6. The van der Waals surface area contributed by atoms with Gasteiger partial charge >= 0.3 is 11.9 Å². The van der Waals surface area contributed by atoms with Crippen LogP contribution in [0.5, 0.6) is 0 Å². The molecule has 0 saturated carbocycles. The first-order valence-corrected chi connectivity index (χ1v) is 12.9. The molecule has 0 spiro atoms. The van der Waals surface area contributed by atoms with Crippen molar-refractivity contribution in [3.63, 3.8) is 0 Å². The van der Waals surface area contributed by atoms with Crippen molar-refractivity contribution < 1.29 is 31.2 Å². The molecule has 3 aromatic heterocycles. The standard InChI is InChI=1S/C27H21F5N4O3S/c1-3-26(28,29)22(21-14(2)34-24(40-21)15-9-11-20(33-12-15)27(30,31)32)38-13-16-8-10-19(23-35-25(37)39-36-23)18-7-5-4-6-17(16)18/h4-12,22H,3,13H2,1-2H3,(H,35,36,37). The van der Waals surface area contributed by atoms with Gasteiger partial charge in [0.2, 0.25) is 0 Å². The lowest BCUT2D eigenvalue weighted by molar-refractivity contribution is -0.146. The Balaban J connectivity index is 1.47. The first-order valence-electron chi connectivity index (χ1n) is 12.0. The topological polar surface area (TPSA) is 93.9 Å². The Hall–Kier alpha value is -3.97. The van der Waals surface area contributed by atoms with Crippen molar-refractivity contribution in [2.45, 2.75) is 45.1 Å². The number of H-pyrrole nitrogens is 1. The smallest absolute Gasteiger partial charge is 0.362 e. The number of hydrogen-bond acceptors (Lipinski definition) is 7. The number of ether oxygens (including phenoxy) is 1. The monoisotopic (exact) mass is 576 g/mol. The van der Waals surface area contributed by atoms with Crippen molar-refractivity contribution >= 4 is 22.1 Å². The van der Waals surface area contributed by atoms with Crippen LogP contribution in [0, 0.1) is 6.92 Å². The van der Waals surface area contributed by atoms with Crippen LogP contribution >= 0.6 is 11.3 Å². The fraction of sp³-hybridized carbons (Fsp3) is 0.259. The largest absolute Gasteiger partial charge is 0.439 e. The Labute approximate surface area is 227 Å². The van der Waals surface area contributed by atoms with E-state index in [1.54, 1.807) is 43.3 Å². The molecule has 13 heteroatoms. The van der Waals surface area contributed by atoms with Crippen molar-refractivity contribution in [2.24, 2.45) is 0 Å². The summed E-state index contributed by atoms with van der Waals surface area (Å²) in [5.74, 6) is -3.74. The second-order valence-electron chi connectivity index (χ2n) is 8.97. The van der Waals surface area contributed by atoms with Gasteiger partial charge in [-0.15, -0.1) is 11.3 Å². The van der Waals surface area contributed by atoms with Crippen molar-refractivity contribution in [1.82, 2.24) is 20.1 Å². The Kier molecular flexibility index (Phi) is 7.27. The number of alkyl halides is 5. The van der Waals surface area contributed by atoms with Crippen LogP contribution < -0.4 is 5.76 Å². The summed E-state index contributed by atoms with van der Waals surface area (Å²) in [6.07, 6.45) is -5.74. The number of thiazole rings is 1. The van der Waals surface area contributed by atoms with Crippen LogP contribution in [0.1, 0.15) is 41.3 Å². The normalized spacial score (nSPS) is 13.2. The van der Waals surface area contributed by atoms with Gasteiger partial charge in [0, 0.05) is 23.7 Å². The highest BCUT2D eigenvalue weighted by molar-refractivity contribution is 7.15. The first kappa shape index (κ1) is 27.6. The quantitative estimate of drug-likeness (QED) is 0.194. The van der Waals surface area contributed by atoms with Crippen LogP contribution in [-0.4, -0.2) is 26.0 Å². The maximum atomic E-state index is 15.2. The Bertz CT molecular complexity index is 1710. The molecule has 1 N–H and O–H groups in total. The molecule has 0 aliphatic rings. The lowest BCUT2D eigenvalue weighted by Crippen LogP contribution is -2.27. The zero-order valence-electron chi connectivity index (χ0n) is 21.1. The van der Waals surface area contributed by atoms with E-state index in [1.807, 2.05) is 0 Å². The van der Waals surface area contributed by atoms with E-state index in [-0.39, 0.29) is 33.6 Å². The van der Waals surface area contributed by atoms with Crippen LogP contribution in [0.2, 0.25) is 0 Å². The molecule has 0 radical (unpaired) electrons. The van der Waals surface area contributed by atoms with Crippen LogP contribution in [0.15, 0.2) is 64.0 Å². The molecular formula is C27H21F5N4O3S. The van der Waals surface area contributed by atoms with E-state index in [9.17, 15) is 18.0 Å². The van der Waals surface area contributed by atoms with E-state index in [2.05, 4.69) is 24.6 Å². The molecule has 40 heavy (non-hydrogen) atoms. The number of aromatic amines is 1. The number of halogens is 5. The lowest BCUT2D eigenvalue weighted by Gasteiger charge is -2.26. The molecule has 0 fully saturated rings. The zero-order chi connectivity index (χ0) is 28.7. The van der Waals surface area contributed by atoms with Gasteiger partial charge in [-0.05, 0) is 35.4 Å². The summed E-state index contributed by atoms with van der Waals surface area (Å²) in [5, 5.41) is 5.41. The summed E-state index contributed by atoms with van der Waals surface area (Å²) in [4.78, 5) is 21.9. The van der Waals surface area contributed by atoms with Gasteiger partial charge in [-0.1, -0.05) is 48.5 Å². The highest BCUT2D eigenvalue weighted by Crippen LogP contribution is 2.44. The molecule has 0 amide bonds. The molecule has 0 aliphatic carbocycles. The van der Waals surface area contributed by atoms with E-state index in [0.29, 0.717) is 21.9 Å². The second-order valence-corrected chi connectivity index (χ2v) is 10.00. The third-order valence-corrected chi connectivity index (χ3v) is 7.59. The number of aryl methyl sites for hydroxylation is 1. The first-order chi connectivity index (χ1) is 19.0. The number of aromatic nitrogens is 4. The summed E-state index contributed by atoms with van der Waals surface area (Å²) in [5.41, 5.74) is 0.716. The van der Waals surface area contributed by atoms with Gasteiger partial charge in [0.15, 0.2) is 11.9 Å². The number of rotatable bonds is 8. The summed E-state index contributed by atoms with van der Waals surface area (Å²) < 4.78 is 79.7. The van der Waals surface area contributed by atoms with Crippen LogP contribution in [0.4, 0.5) is 22.0 Å². The zero-order valence-corrected chi connectivity index (χ0v) is 21.9. The molecule has 1 unspecified atom stereocenters. The molecule has 0 bridgehead atoms. The van der Waals surface area contributed by atoms with Gasteiger partial charge in [-0.2, -0.15) is 13.2 Å². The maximum Gasteiger partial charge on any atom is 0.439 e. The summed E-state index contributed by atoms with van der Waals surface area (Å²) in [6.45, 7) is 2.72. The molecule has 2 aromatic carbocycles. The predicted octanol–water partition coefficient (Wildman–Crippen LogP) is 7.33. The molecule has 208 valence electrons. The Morgan fingerprint density at radius 2 is 1.80 bits per heavy atom. The van der Waals surface area contributed by atoms with E-state index >= 15 is 8.78 Å². The highest BCUT2D eigenvalue weighted by atomic mass is 32.1. The minimum atomic E-state index is -4.60. The number of pyridine rings is 1. The SMILES string of the molecule is CCC(F)(F)C(OCc1ccc(-c2noc(=O)[nH]2)c2ccccc12)c1sc(-c2ccc(C(F)(F)F)nc2)nc1C. The highest BCUT2D eigenvalue weighted by Gasteiger charge is 2.42. The average molecular weight is 577 g/mol. The molecule has 5 rings (SSSR count). The van der Waals surface area contributed by atoms with Gasteiger partial charge in [-0.25, -0.2) is 18.6 Å². The molecule has 1 atom stereocenters. The lowest BCUT2D eigenvalue weighted by atomic mass is 9.99. The number of fused-ring (bicyclic) bond motifs is 1. The van der Waals surface area contributed by atoms with Gasteiger partial charge in [0.1, 0.15) is 10.7 Å². The molecule has 0 saturated heterocycles. The van der Waals surface area contributed by atoms with Gasteiger partial charge in [0.05, 0.1) is 17.2 Å². The van der Waals surface area contributed by atoms with Crippen molar-refractivity contribution in [2.75, 3.05) is 0 Å². The predicted molar refractivity (Wildman–Crippen MR) is 138 cm³/mol. The van der Waals surface area contributed by atoms with Crippen LogP contribution in [0.3, 0.4) is 0 Å². The molecular weight excluding hydrogens is 555 g/mol. The van der Waals surface area contributed by atoms with E-state index in [0.717, 1.165) is 23.6 Å². The van der Waals surface area contributed by atoms with E-state index < -0.39 is 36.1 Å². The fourth-order valence-corrected chi connectivity index (χ4v) is 5.42. The minimum Gasteiger partial charge on any atom is -0.362 e. The van der Waals surface area contributed by atoms with Crippen molar-refractivity contribution in [3.8, 4) is 22.0 Å². The molecule has 3 heterocycles. The molecule has 5 aromatic rings. The third-order valence-electron chi connectivity index (χ3n) is 6.34. The average Bonchev–Trinajstić information content (AvgIpc) is 3.53. The fourth-order valence-electron chi connectivity index (χ4n) is 4.25. The van der Waals surface area contributed by atoms with Crippen LogP contribution in [-0.2, 0) is 17.5 Å². The minimum absolute atomic E-state index is 0.169. The van der Waals surface area contributed by atoms with E-state index in [4.69, 9.17) is 4.74 Å². The van der Waals surface area contributed by atoms with Gasteiger partial charge < -0.3 is 4.74 Å². The Morgan fingerprint density at radius 3 is 2.42 bits per heavy atom. The number of nitrogens with one attached hydrogen (secondary N) is 1. The number of benzene rings is 2. The molecule has 7 nitrogen and oxygen atoms in total. The second kappa shape index (κ2) is 10.5. The van der Waals surface area contributed by atoms with Gasteiger partial charge in [0.25, 0.3) is 5.92 Å². The molecule has 0 aliphatic heterocycles. The maximum absolute atomic E-state index is 15.2. The van der Waals surface area contributed by atoms with Crippen molar-refractivity contribution in [1.29, 1.82) is 0 Å². The summed E-state index contributed by atoms with van der Waals surface area (Å²) >= 11 is 0.927. The third kappa shape index (κ3) is 5.39. The van der Waals surface area contributed by atoms with Gasteiger partial charge in [-0.3, -0.25) is 14.5 Å².